The van der Waals surface area contributed by atoms with Gasteiger partial charge in [-0.25, -0.2) is 9.97 Å². The highest BCUT2D eigenvalue weighted by Gasteiger charge is 2.16. The first-order valence-corrected chi connectivity index (χ1v) is 5.87. The minimum atomic E-state index is -0.171. The highest BCUT2D eigenvalue weighted by molar-refractivity contribution is 5.37. The molecule has 5 heteroatoms. The molecule has 96 valence electrons. The number of aromatic nitrogens is 2. The second-order valence-electron chi connectivity index (χ2n) is 4.77. The quantitative estimate of drug-likeness (QED) is 0.758. The fourth-order valence-corrected chi connectivity index (χ4v) is 1.11. The minimum Gasteiger partial charge on any atom is -0.478 e. The van der Waals surface area contributed by atoms with E-state index >= 15 is 0 Å². The second kappa shape index (κ2) is 6.39. The van der Waals surface area contributed by atoms with Crippen molar-refractivity contribution in [1.29, 1.82) is 0 Å². The molecule has 0 saturated heterocycles. The number of ether oxygens (including phenoxy) is 1. The van der Waals surface area contributed by atoms with Crippen LogP contribution in [0.2, 0.25) is 0 Å². The Kier molecular flexibility index (Phi) is 5.15. The standard InChI is InChI=1S/C12H21N3O2/c1-4-5-17-11-6-10(14-9-15-11)13-7-12(2,3)8-16/h6,9,16H,4-5,7-8H2,1-3H3,(H,13,14,15). The smallest absolute Gasteiger partial charge is 0.218 e. The van der Waals surface area contributed by atoms with Gasteiger partial charge in [-0.1, -0.05) is 20.8 Å². The maximum absolute atomic E-state index is 9.15. The molecule has 0 aliphatic rings. The highest BCUT2D eigenvalue weighted by atomic mass is 16.5. The van der Waals surface area contributed by atoms with Gasteiger partial charge in [0.15, 0.2) is 0 Å². The number of aliphatic hydroxyl groups excluding tert-OH is 1. The molecule has 1 heterocycles. The van der Waals surface area contributed by atoms with Crippen molar-refractivity contribution in [2.24, 2.45) is 5.41 Å². The van der Waals surface area contributed by atoms with Gasteiger partial charge in [-0.15, -0.1) is 0 Å². The molecular formula is C12H21N3O2. The van der Waals surface area contributed by atoms with Gasteiger partial charge >= 0.3 is 0 Å². The summed E-state index contributed by atoms with van der Waals surface area (Å²) in [4.78, 5) is 8.12. The molecule has 0 saturated carbocycles. The van der Waals surface area contributed by atoms with E-state index in [0.29, 0.717) is 24.8 Å². The number of nitrogens with one attached hydrogen (secondary N) is 1. The Labute approximate surface area is 102 Å². The lowest BCUT2D eigenvalue weighted by molar-refractivity contribution is 0.170. The lowest BCUT2D eigenvalue weighted by Gasteiger charge is -2.22. The molecular weight excluding hydrogens is 218 g/mol. The van der Waals surface area contributed by atoms with Gasteiger partial charge in [0.1, 0.15) is 12.1 Å². The highest BCUT2D eigenvalue weighted by Crippen LogP contribution is 2.16. The molecule has 0 spiro atoms. The Morgan fingerprint density at radius 1 is 1.41 bits per heavy atom. The van der Waals surface area contributed by atoms with E-state index in [-0.39, 0.29) is 12.0 Å². The predicted octanol–water partition coefficient (Wildman–Crippen LogP) is 1.70. The number of anilines is 1. The monoisotopic (exact) mass is 239 g/mol. The Morgan fingerprint density at radius 2 is 2.18 bits per heavy atom. The van der Waals surface area contributed by atoms with Crippen LogP contribution in [0.4, 0.5) is 5.82 Å². The topological polar surface area (TPSA) is 67.3 Å². The third-order valence-electron chi connectivity index (χ3n) is 2.27. The number of aliphatic hydroxyl groups is 1. The van der Waals surface area contributed by atoms with Crippen molar-refractivity contribution in [1.82, 2.24) is 9.97 Å². The molecule has 0 aromatic carbocycles. The molecule has 0 amide bonds. The first kappa shape index (κ1) is 13.7. The molecule has 0 fully saturated rings. The number of rotatable bonds is 7. The zero-order valence-electron chi connectivity index (χ0n) is 10.7. The van der Waals surface area contributed by atoms with E-state index in [0.717, 1.165) is 6.42 Å². The first-order valence-electron chi connectivity index (χ1n) is 5.87. The van der Waals surface area contributed by atoms with E-state index in [1.54, 1.807) is 6.07 Å². The van der Waals surface area contributed by atoms with Gasteiger partial charge in [0.2, 0.25) is 5.88 Å². The Balaban J connectivity index is 2.53. The van der Waals surface area contributed by atoms with Gasteiger partial charge in [-0.2, -0.15) is 0 Å². The number of hydrogen-bond acceptors (Lipinski definition) is 5. The molecule has 0 bridgehead atoms. The number of hydrogen-bond donors (Lipinski definition) is 2. The minimum absolute atomic E-state index is 0.129. The van der Waals surface area contributed by atoms with Gasteiger partial charge < -0.3 is 15.2 Å². The fourth-order valence-electron chi connectivity index (χ4n) is 1.11. The van der Waals surface area contributed by atoms with E-state index in [1.165, 1.54) is 6.33 Å². The van der Waals surface area contributed by atoms with Crippen molar-refractivity contribution < 1.29 is 9.84 Å². The SMILES string of the molecule is CCCOc1cc(NCC(C)(C)CO)ncn1. The van der Waals surface area contributed by atoms with Gasteiger partial charge in [0.05, 0.1) is 6.61 Å². The molecule has 17 heavy (non-hydrogen) atoms. The average Bonchev–Trinajstić information content (AvgIpc) is 2.35. The fraction of sp³-hybridized carbons (Fsp3) is 0.667. The van der Waals surface area contributed by atoms with E-state index in [9.17, 15) is 0 Å². The summed E-state index contributed by atoms with van der Waals surface area (Å²) in [6, 6.07) is 1.77. The van der Waals surface area contributed by atoms with E-state index in [4.69, 9.17) is 9.84 Å². The van der Waals surface area contributed by atoms with Crippen molar-refractivity contribution in [2.75, 3.05) is 25.1 Å². The Bertz CT molecular complexity index is 342. The molecule has 0 unspecified atom stereocenters. The molecule has 1 rings (SSSR count). The molecule has 0 aliphatic heterocycles. The summed E-state index contributed by atoms with van der Waals surface area (Å²) in [6.07, 6.45) is 2.42. The van der Waals surface area contributed by atoms with Gasteiger partial charge in [0, 0.05) is 24.6 Å². The third kappa shape index (κ3) is 4.99. The van der Waals surface area contributed by atoms with Gasteiger partial charge in [-0.3, -0.25) is 0 Å². The summed E-state index contributed by atoms with van der Waals surface area (Å²) >= 11 is 0. The van der Waals surface area contributed by atoms with Crippen molar-refractivity contribution in [3.8, 4) is 5.88 Å². The molecule has 1 aromatic rings. The lowest BCUT2D eigenvalue weighted by atomic mass is 9.95. The summed E-state index contributed by atoms with van der Waals surface area (Å²) in [6.45, 7) is 7.44. The normalized spacial score (nSPS) is 11.3. The largest absolute Gasteiger partial charge is 0.478 e. The average molecular weight is 239 g/mol. The van der Waals surface area contributed by atoms with Crippen LogP contribution in [0.25, 0.3) is 0 Å². The van der Waals surface area contributed by atoms with Crippen LogP contribution in [0, 0.1) is 5.41 Å². The molecule has 0 atom stereocenters. The zero-order chi connectivity index (χ0) is 12.7. The van der Waals surface area contributed by atoms with Crippen LogP contribution >= 0.6 is 0 Å². The lowest BCUT2D eigenvalue weighted by Crippen LogP contribution is -2.27. The van der Waals surface area contributed by atoms with Crippen LogP contribution < -0.4 is 10.1 Å². The van der Waals surface area contributed by atoms with Crippen LogP contribution in [0.3, 0.4) is 0 Å². The van der Waals surface area contributed by atoms with Crippen LogP contribution in [-0.2, 0) is 0 Å². The van der Waals surface area contributed by atoms with E-state index in [1.807, 2.05) is 20.8 Å². The van der Waals surface area contributed by atoms with Crippen molar-refractivity contribution >= 4 is 5.82 Å². The maximum atomic E-state index is 9.15. The summed E-state index contributed by atoms with van der Waals surface area (Å²) in [5.41, 5.74) is -0.171. The van der Waals surface area contributed by atoms with Crippen LogP contribution in [-0.4, -0.2) is 34.8 Å². The zero-order valence-corrected chi connectivity index (χ0v) is 10.7. The molecule has 0 aliphatic carbocycles. The van der Waals surface area contributed by atoms with Crippen molar-refractivity contribution in [3.63, 3.8) is 0 Å². The van der Waals surface area contributed by atoms with Gasteiger partial charge in [-0.05, 0) is 6.42 Å². The Morgan fingerprint density at radius 3 is 2.82 bits per heavy atom. The van der Waals surface area contributed by atoms with Crippen LogP contribution in [0.5, 0.6) is 5.88 Å². The number of nitrogens with zero attached hydrogens (tertiary/aromatic N) is 2. The van der Waals surface area contributed by atoms with Crippen molar-refractivity contribution in [2.45, 2.75) is 27.2 Å². The second-order valence-corrected chi connectivity index (χ2v) is 4.77. The van der Waals surface area contributed by atoms with E-state index in [2.05, 4.69) is 15.3 Å². The molecule has 0 radical (unpaired) electrons. The summed E-state index contributed by atoms with van der Waals surface area (Å²) in [5, 5.41) is 12.3. The summed E-state index contributed by atoms with van der Waals surface area (Å²) in [7, 11) is 0. The Hall–Kier alpha value is -1.36. The van der Waals surface area contributed by atoms with Crippen LogP contribution in [0.15, 0.2) is 12.4 Å². The molecule has 5 nitrogen and oxygen atoms in total. The molecule has 1 aromatic heterocycles. The predicted molar refractivity (Wildman–Crippen MR) is 67.2 cm³/mol. The first-order chi connectivity index (χ1) is 8.07. The summed E-state index contributed by atoms with van der Waals surface area (Å²) in [5.74, 6) is 1.29. The van der Waals surface area contributed by atoms with E-state index < -0.39 is 0 Å². The maximum Gasteiger partial charge on any atom is 0.218 e. The summed E-state index contributed by atoms with van der Waals surface area (Å²) < 4.78 is 5.41. The molecule has 2 N–H and O–H groups in total. The van der Waals surface area contributed by atoms with Crippen molar-refractivity contribution in [3.05, 3.63) is 12.4 Å². The van der Waals surface area contributed by atoms with Crippen LogP contribution in [0.1, 0.15) is 27.2 Å². The van der Waals surface area contributed by atoms with Gasteiger partial charge in [0.25, 0.3) is 0 Å². The third-order valence-corrected chi connectivity index (χ3v) is 2.27.